The van der Waals surface area contributed by atoms with Gasteiger partial charge in [0.1, 0.15) is 5.82 Å². The molecule has 6 heteroatoms. The number of halogens is 1. The fraction of sp³-hybridized carbons (Fsp3) is 0.296. The highest BCUT2D eigenvalue weighted by Crippen LogP contribution is 2.44. The Balaban J connectivity index is 1.38. The summed E-state index contributed by atoms with van der Waals surface area (Å²) in [7, 11) is 0. The molecule has 0 saturated heterocycles. The number of benzene rings is 2. The molecule has 1 saturated carbocycles. The van der Waals surface area contributed by atoms with Gasteiger partial charge in [-0.2, -0.15) is 0 Å². The number of thiazole rings is 1. The van der Waals surface area contributed by atoms with Crippen LogP contribution in [0.25, 0.3) is 22.2 Å². The second kappa shape index (κ2) is 9.02. The Morgan fingerprint density at radius 2 is 1.91 bits per heavy atom. The zero-order valence-corrected chi connectivity index (χ0v) is 19.3. The van der Waals surface area contributed by atoms with Gasteiger partial charge in [0.2, 0.25) is 5.91 Å². The smallest absolute Gasteiger partial charge is 0.248 e. The Labute approximate surface area is 196 Å². The minimum atomic E-state index is -0.388. The molecule has 2 aromatic carbocycles. The number of pyridine rings is 1. The molecular formula is C27H26FN3OS. The monoisotopic (exact) mass is 459 g/mol. The van der Waals surface area contributed by atoms with E-state index in [9.17, 15) is 9.18 Å². The van der Waals surface area contributed by atoms with Crippen LogP contribution in [-0.4, -0.2) is 15.9 Å². The molecular weight excluding hydrogens is 433 g/mol. The summed E-state index contributed by atoms with van der Waals surface area (Å²) in [5.41, 5.74) is 13.1. The largest absolute Gasteiger partial charge is 0.366 e. The van der Waals surface area contributed by atoms with E-state index in [1.54, 1.807) is 23.5 Å². The van der Waals surface area contributed by atoms with E-state index in [1.807, 2.05) is 35.3 Å². The summed E-state index contributed by atoms with van der Waals surface area (Å²) in [6.45, 7) is 2.20. The highest BCUT2D eigenvalue weighted by atomic mass is 32.1. The summed E-state index contributed by atoms with van der Waals surface area (Å²) in [4.78, 5) is 21.0. The predicted octanol–water partition coefficient (Wildman–Crippen LogP) is 6.67. The number of nitrogens with zero attached hydrogens (tertiary/aromatic N) is 2. The maximum atomic E-state index is 13.9. The second-order valence-electron chi connectivity index (χ2n) is 9.00. The Hall–Kier alpha value is -3.12. The van der Waals surface area contributed by atoms with Gasteiger partial charge in [-0.05, 0) is 91.0 Å². The Morgan fingerprint density at radius 1 is 1.09 bits per heavy atom. The van der Waals surface area contributed by atoms with Crippen LogP contribution in [0.4, 0.5) is 4.39 Å². The summed E-state index contributed by atoms with van der Waals surface area (Å²) in [5.74, 6) is 0.435. The molecule has 0 aliphatic heterocycles. The molecule has 33 heavy (non-hydrogen) atoms. The third-order valence-electron chi connectivity index (χ3n) is 7.19. The Morgan fingerprint density at radius 3 is 2.64 bits per heavy atom. The molecule has 1 aliphatic rings. The molecule has 2 heterocycles. The van der Waals surface area contributed by atoms with Gasteiger partial charge in [-0.1, -0.05) is 13.0 Å². The first-order chi connectivity index (χ1) is 16.0. The highest BCUT2D eigenvalue weighted by Gasteiger charge is 2.29. The van der Waals surface area contributed by atoms with Crippen LogP contribution in [0.3, 0.4) is 0 Å². The van der Waals surface area contributed by atoms with E-state index in [4.69, 9.17) is 5.73 Å². The van der Waals surface area contributed by atoms with E-state index in [2.05, 4.69) is 23.0 Å². The maximum Gasteiger partial charge on any atom is 0.248 e. The lowest BCUT2D eigenvalue weighted by Crippen LogP contribution is -2.22. The van der Waals surface area contributed by atoms with Crippen LogP contribution >= 0.6 is 11.3 Å². The van der Waals surface area contributed by atoms with Gasteiger partial charge < -0.3 is 5.73 Å². The Bertz CT molecular complexity index is 1300. The van der Waals surface area contributed by atoms with Crippen LogP contribution in [-0.2, 0) is 0 Å². The highest BCUT2D eigenvalue weighted by molar-refractivity contribution is 7.07. The van der Waals surface area contributed by atoms with Crippen molar-refractivity contribution in [3.8, 4) is 11.3 Å². The van der Waals surface area contributed by atoms with Crippen LogP contribution in [0.1, 0.15) is 65.9 Å². The summed E-state index contributed by atoms with van der Waals surface area (Å²) in [5, 5.41) is 2.93. The minimum Gasteiger partial charge on any atom is -0.366 e. The lowest BCUT2D eigenvalue weighted by molar-refractivity contribution is 0.0998. The molecule has 1 amide bonds. The quantitative estimate of drug-likeness (QED) is 0.362. The van der Waals surface area contributed by atoms with Crippen molar-refractivity contribution in [2.75, 3.05) is 0 Å². The zero-order valence-electron chi connectivity index (χ0n) is 18.5. The van der Waals surface area contributed by atoms with E-state index in [0.717, 1.165) is 53.4 Å². The van der Waals surface area contributed by atoms with Crippen molar-refractivity contribution in [3.05, 3.63) is 82.1 Å². The Kier molecular flexibility index (Phi) is 5.94. The van der Waals surface area contributed by atoms with Gasteiger partial charge in [0.05, 0.1) is 16.7 Å². The van der Waals surface area contributed by atoms with E-state index < -0.39 is 0 Å². The van der Waals surface area contributed by atoms with Gasteiger partial charge >= 0.3 is 0 Å². The maximum absolute atomic E-state index is 13.9. The topological polar surface area (TPSA) is 68.9 Å². The number of fused-ring (bicyclic) bond motifs is 1. The van der Waals surface area contributed by atoms with Crippen LogP contribution in [0.2, 0.25) is 0 Å². The number of rotatable bonds is 5. The molecule has 2 aromatic heterocycles. The van der Waals surface area contributed by atoms with Gasteiger partial charge in [0.25, 0.3) is 0 Å². The molecule has 1 fully saturated rings. The van der Waals surface area contributed by atoms with E-state index in [-0.39, 0.29) is 17.6 Å². The average Bonchev–Trinajstić information content (AvgIpc) is 3.38. The molecule has 0 bridgehead atoms. The van der Waals surface area contributed by atoms with E-state index in [1.165, 1.54) is 11.6 Å². The number of nitrogens with two attached hydrogens (primary N) is 1. The van der Waals surface area contributed by atoms with E-state index in [0.29, 0.717) is 17.4 Å². The molecule has 0 spiro atoms. The molecule has 2 N–H and O–H groups in total. The van der Waals surface area contributed by atoms with Crippen molar-refractivity contribution in [3.63, 3.8) is 0 Å². The zero-order chi connectivity index (χ0) is 22.9. The van der Waals surface area contributed by atoms with Gasteiger partial charge in [-0.15, -0.1) is 11.3 Å². The number of amides is 1. The van der Waals surface area contributed by atoms with Crippen LogP contribution in [0.15, 0.2) is 59.6 Å². The van der Waals surface area contributed by atoms with Gasteiger partial charge in [0.15, 0.2) is 0 Å². The summed E-state index contributed by atoms with van der Waals surface area (Å²) < 4.78 is 13.9. The molecule has 5 rings (SSSR count). The van der Waals surface area contributed by atoms with E-state index >= 15 is 0 Å². The van der Waals surface area contributed by atoms with Crippen molar-refractivity contribution >= 4 is 28.1 Å². The summed E-state index contributed by atoms with van der Waals surface area (Å²) in [6, 6.07) is 12.7. The van der Waals surface area contributed by atoms with Crippen LogP contribution in [0, 0.1) is 11.7 Å². The fourth-order valence-corrected chi connectivity index (χ4v) is 5.92. The summed E-state index contributed by atoms with van der Waals surface area (Å²) >= 11 is 1.56. The molecule has 0 radical (unpaired) electrons. The number of hydrogen-bond donors (Lipinski definition) is 1. The average molecular weight is 460 g/mol. The first kappa shape index (κ1) is 21.7. The van der Waals surface area contributed by atoms with Crippen molar-refractivity contribution in [1.29, 1.82) is 0 Å². The lowest BCUT2D eigenvalue weighted by Gasteiger charge is -2.33. The third-order valence-corrected chi connectivity index (χ3v) is 7.78. The normalized spacial score (nSPS) is 19.5. The molecule has 168 valence electrons. The van der Waals surface area contributed by atoms with Crippen molar-refractivity contribution in [2.24, 2.45) is 11.7 Å². The summed E-state index contributed by atoms with van der Waals surface area (Å²) in [6.07, 6.45) is 5.98. The SMILES string of the molecule is C[C@@H](c1cc(-c2cscn2)ccc1C(N)=O)C1CCC(c2ccnc3ccc(F)cc23)CC1. The third kappa shape index (κ3) is 4.27. The van der Waals surface area contributed by atoms with Crippen LogP contribution in [0.5, 0.6) is 0 Å². The van der Waals surface area contributed by atoms with Gasteiger partial charge in [-0.25, -0.2) is 9.37 Å². The minimum absolute atomic E-state index is 0.207. The fourth-order valence-electron chi connectivity index (χ4n) is 5.36. The standard InChI is InChI=1S/C27H26FN3OS/c1-16(23-12-19(26-14-33-15-31-26)6-8-22(23)27(29)32)17-2-4-18(5-3-17)21-10-11-30-25-9-7-20(28)13-24(21)25/h6-18H,2-5H2,1H3,(H2,29,32)/t16-,17?,18?/m1/s1. The number of aromatic nitrogens is 2. The van der Waals surface area contributed by atoms with Crippen molar-refractivity contribution in [2.45, 2.75) is 44.4 Å². The van der Waals surface area contributed by atoms with Crippen molar-refractivity contribution in [1.82, 2.24) is 9.97 Å². The second-order valence-corrected chi connectivity index (χ2v) is 9.72. The van der Waals surface area contributed by atoms with Crippen molar-refractivity contribution < 1.29 is 9.18 Å². The number of carbonyl (C=O) groups excluding carboxylic acids is 1. The number of carbonyl (C=O) groups is 1. The molecule has 1 atom stereocenters. The molecule has 4 nitrogen and oxygen atoms in total. The predicted molar refractivity (Wildman–Crippen MR) is 131 cm³/mol. The number of primary amides is 1. The van der Waals surface area contributed by atoms with Crippen LogP contribution < -0.4 is 5.73 Å². The van der Waals surface area contributed by atoms with Gasteiger partial charge in [0, 0.05) is 28.1 Å². The molecule has 0 unspecified atom stereocenters. The first-order valence-corrected chi connectivity index (χ1v) is 12.3. The molecule has 4 aromatic rings. The first-order valence-electron chi connectivity index (χ1n) is 11.4. The number of hydrogen-bond acceptors (Lipinski definition) is 4. The molecule has 1 aliphatic carbocycles. The lowest BCUT2D eigenvalue weighted by atomic mass is 9.71. The van der Waals surface area contributed by atoms with Gasteiger partial charge in [-0.3, -0.25) is 9.78 Å².